The lowest BCUT2D eigenvalue weighted by atomic mass is 9.76. The first kappa shape index (κ1) is 24.5. The lowest BCUT2D eigenvalue weighted by Crippen LogP contribution is -2.65. The molecule has 1 atom stereocenters. The van der Waals surface area contributed by atoms with E-state index in [0.717, 1.165) is 20.9 Å². The van der Waals surface area contributed by atoms with E-state index in [4.69, 9.17) is 0 Å². The zero-order chi connectivity index (χ0) is 25.5. The van der Waals surface area contributed by atoms with Gasteiger partial charge in [0.15, 0.2) is 6.04 Å². The maximum atomic E-state index is 15.4. The lowest BCUT2D eigenvalue weighted by Gasteiger charge is -2.40. The van der Waals surface area contributed by atoms with Crippen LogP contribution in [0.3, 0.4) is 0 Å². The third-order valence-corrected chi connectivity index (χ3v) is 6.83. The molecule has 1 saturated carbocycles. The summed E-state index contributed by atoms with van der Waals surface area (Å²) in [4.78, 5) is 70.0. The maximum absolute atomic E-state index is 15.4. The minimum atomic E-state index is -1.76. The summed E-state index contributed by atoms with van der Waals surface area (Å²) in [5.74, 6) is -4.68. The van der Waals surface area contributed by atoms with E-state index in [1.165, 1.54) is 14.1 Å². The molecule has 3 aliphatic heterocycles. The summed E-state index contributed by atoms with van der Waals surface area (Å²) in [7, 11) is 2.84. The van der Waals surface area contributed by atoms with Crippen molar-refractivity contribution in [2.75, 3.05) is 20.6 Å². The molecular weight excluding hydrogens is 457 g/mol. The Labute approximate surface area is 201 Å². The van der Waals surface area contributed by atoms with E-state index in [-0.39, 0.29) is 38.1 Å². The first-order valence-corrected chi connectivity index (χ1v) is 11.4. The van der Waals surface area contributed by atoms with Crippen LogP contribution < -0.4 is 10.6 Å². The summed E-state index contributed by atoms with van der Waals surface area (Å²) < 4.78 is 15.4. The maximum Gasteiger partial charge on any atom is 0.311 e. The third-order valence-electron chi connectivity index (χ3n) is 6.83. The van der Waals surface area contributed by atoms with Gasteiger partial charge in [-0.15, -0.1) is 0 Å². The number of aliphatic imine (C=N–C) groups is 1. The summed E-state index contributed by atoms with van der Waals surface area (Å²) >= 11 is 0. The number of Topliss-reactive ketones (excluding diaryl/α,β-unsaturated/α-hetero) is 1. The molecule has 3 heterocycles. The molecule has 1 aromatic carbocycles. The minimum Gasteiger partial charge on any atom is -0.350 e. The highest BCUT2D eigenvalue weighted by Crippen LogP contribution is 2.44. The van der Waals surface area contributed by atoms with Crippen molar-refractivity contribution in [3.8, 4) is 0 Å². The van der Waals surface area contributed by atoms with Crippen molar-refractivity contribution in [3.05, 3.63) is 35.4 Å². The van der Waals surface area contributed by atoms with Crippen LogP contribution in [0.1, 0.15) is 36.8 Å². The number of carbonyl (C=O) groups is 5. The second kappa shape index (κ2) is 8.86. The molecule has 1 unspecified atom stereocenters. The fourth-order valence-electron chi connectivity index (χ4n) is 4.86. The number of hydrogen-bond donors (Lipinski definition) is 2. The van der Waals surface area contributed by atoms with Crippen LogP contribution in [0.5, 0.6) is 0 Å². The van der Waals surface area contributed by atoms with Crippen molar-refractivity contribution in [1.29, 1.82) is 0 Å². The van der Waals surface area contributed by atoms with Crippen LogP contribution in [0.4, 0.5) is 4.39 Å². The number of nitrogens with one attached hydrogen (secondary N) is 2. The number of alkyl halides is 1. The Hall–Kier alpha value is -3.63. The zero-order valence-corrected chi connectivity index (χ0v) is 19.9. The van der Waals surface area contributed by atoms with Gasteiger partial charge >= 0.3 is 11.8 Å². The van der Waals surface area contributed by atoms with Gasteiger partial charge in [-0.25, -0.2) is 9.38 Å². The van der Waals surface area contributed by atoms with E-state index in [1.807, 2.05) is 31.2 Å². The smallest absolute Gasteiger partial charge is 0.311 e. The lowest BCUT2D eigenvalue weighted by molar-refractivity contribution is -0.146. The highest BCUT2D eigenvalue weighted by Gasteiger charge is 2.58. The molecule has 2 N–H and O–H groups in total. The summed E-state index contributed by atoms with van der Waals surface area (Å²) in [6.07, 6.45) is 0.157. The molecule has 4 aliphatic rings. The average molecular weight is 486 g/mol. The number of halogens is 1. The Morgan fingerprint density at radius 3 is 2.49 bits per heavy atom. The van der Waals surface area contributed by atoms with Gasteiger partial charge in [-0.2, -0.15) is 0 Å². The van der Waals surface area contributed by atoms with Gasteiger partial charge in [-0.1, -0.05) is 29.8 Å². The molecule has 2 bridgehead atoms. The van der Waals surface area contributed by atoms with Crippen LogP contribution in [0, 0.1) is 6.92 Å². The fourth-order valence-corrected chi connectivity index (χ4v) is 4.86. The average Bonchev–Trinajstić information content (AvgIpc) is 3.01. The molecule has 0 radical (unpaired) electrons. The van der Waals surface area contributed by atoms with Gasteiger partial charge in [0.2, 0.25) is 0 Å². The number of likely N-dealkylation sites (N-methyl/N-ethyl adjacent to an activating group) is 1. The van der Waals surface area contributed by atoms with Crippen LogP contribution >= 0.6 is 0 Å². The number of nitrogens with zero attached hydrogens (tertiary/aromatic N) is 3. The Morgan fingerprint density at radius 2 is 1.86 bits per heavy atom. The molecule has 186 valence electrons. The molecule has 4 amide bonds. The summed E-state index contributed by atoms with van der Waals surface area (Å²) in [6, 6.07) is 5.76. The number of rotatable bonds is 4. The van der Waals surface area contributed by atoms with Crippen molar-refractivity contribution >= 4 is 35.2 Å². The van der Waals surface area contributed by atoms with Crippen LogP contribution in [-0.4, -0.2) is 82.9 Å². The van der Waals surface area contributed by atoms with Crippen molar-refractivity contribution in [1.82, 2.24) is 20.4 Å². The highest BCUT2D eigenvalue weighted by molar-refractivity contribution is 6.46. The first-order valence-electron chi connectivity index (χ1n) is 11.4. The number of amides is 4. The molecule has 35 heavy (non-hydrogen) atoms. The van der Waals surface area contributed by atoms with Gasteiger partial charge in [-0.05, 0) is 38.2 Å². The Morgan fingerprint density at radius 1 is 1.17 bits per heavy atom. The molecular formula is C24H28FN5O5. The molecule has 0 spiro atoms. The van der Waals surface area contributed by atoms with Crippen LogP contribution in [0.2, 0.25) is 0 Å². The predicted molar refractivity (Wildman–Crippen MR) is 123 cm³/mol. The van der Waals surface area contributed by atoms with Gasteiger partial charge in [0, 0.05) is 20.6 Å². The monoisotopic (exact) mass is 485 g/mol. The number of carbonyl (C=O) groups excluding carboxylic acids is 5. The predicted octanol–water partition coefficient (Wildman–Crippen LogP) is 0.0287. The number of benzene rings is 1. The number of amidine groups is 1. The molecule has 1 aliphatic carbocycles. The van der Waals surface area contributed by atoms with Crippen molar-refractivity contribution in [3.63, 3.8) is 0 Å². The molecule has 5 rings (SSSR count). The van der Waals surface area contributed by atoms with Crippen molar-refractivity contribution in [2.45, 2.75) is 56.4 Å². The summed E-state index contributed by atoms with van der Waals surface area (Å²) in [5.41, 5.74) is -1.30. The molecule has 10 nitrogen and oxygen atoms in total. The van der Waals surface area contributed by atoms with E-state index in [0.29, 0.717) is 0 Å². The van der Waals surface area contributed by atoms with E-state index in [9.17, 15) is 24.0 Å². The summed E-state index contributed by atoms with van der Waals surface area (Å²) in [5, 5.41) is 5.29. The van der Waals surface area contributed by atoms with Gasteiger partial charge in [0.05, 0.1) is 12.1 Å². The second-order valence-corrected chi connectivity index (χ2v) is 9.70. The normalized spacial score (nSPS) is 27.5. The standard InChI is InChI=1S/C24H28FN5O5/c1-14-5-4-6-15(11-14)12-26-18(32)16-17(31)20(34)30-13-23(25)7-9-24(10-8-23,22(30)27-16)28-19(33)21(35)29(2)3/h4-6,11,16H,7-10,12-13H2,1-3H3,(H,26,32)(H,28,33). The number of aryl methyl sites for hydroxylation is 1. The highest BCUT2D eigenvalue weighted by atomic mass is 19.1. The second-order valence-electron chi connectivity index (χ2n) is 9.70. The fraction of sp³-hybridized carbons (Fsp3) is 0.500. The van der Waals surface area contributed by atoms with Crippen LogP contribution in [0.25, 0.3) is 0 Å². The molecule has 3 fully saturated rings. The Bertz CT molecular complexity index is 1140. The minimum absolute atomic E-state index is 0.00461. The van der Waals surface area contributed by atoms with Crippen LogP contribution in [-0.2, 0) is 30.5 Å². The molecule has 11 heteroatoms. The van der Waals surface area contributed by atoms with Crippen molar-refractivity contribution < 1.29 is 28.4 Å². The van der Waals surface area contributed by atoms with Crippen molar-refractivity contribution in [2.24, 2.45) is 4.99 Å². The number of fused-ring (bicyclic) bond motifs is 2. The van der Waals surface area contributed by atoms with Crippen LogP contribution in [0.15, 0.2) is 29.3 Å². The Kier molecular flexibility index (Phi) is 6.20. The quantitative estimate of drug-likeness (QED) is 0.459. The Balaban J connectivity index is 1.66. The topological polar surface area (TPSA) is 128 Å². The molecule has 2 saturated heterocycles. The van der Waals surface area contributed by atoms with E-state index < -0.39 is 53.2 Å². The zero-order valence-electron chi connectivity index (χ0n) is 19.9. The van der Waals surface area contributed by atoms with Gasteiger partial charge < -0.3 is 15.5 Å². The van der Waals surface area contributed by atoms with E-state index >= 15 is 4.39 Å². The largest absolute Gasteiger partial charge is 0.350 e. The summed E-state index contributed by atoms with van der Waals surface area (Å²) in [6.45, 7) is 1.63. The SMILES string of the molecule is Cc1cccc(CNC(=O)C2N=C3N(CC4(F)CCC3(NC(=O)C(=O)N(C)C)CC4)C(=O)C2=O)c1. The van der Waals surface area contributed by atoms with Gasteiger partial charge in [0.1, 0.15) is 11.5 Å². The number of ketones is 1. The molecule has 0 aromatic heterocycles. The van der Waals surface area contributed by atoms with E-state index in [2.05, 4.69) is 15.6 Å². The first-order chi connectivity index (χ1) is 16.4. The van der Waals surface area contributed by atoms with Gasteiger partial charge in [-0.3, -0.25) is 28.9 Å². The third kappa shape index (κ3) is 4.54. The van der Waals surface area contributed by atoms with E-state index in [1.54, 1.807) is 0 Å². The van der Waals surface area contributed by atoms with Gasteiger partial charge in [0.25, 0.3) is 17.6 Å². The molecule has 1 aromatic rings. The number of hydrogen-bond acceptors (Lipinski definition) is 6.